The van der Waals surface area contributed by atoms with E-state index in [2.05, 4.69) is 16.0 Å². The Morgan fingerprint density at radius 2 is 1.63 bits per heavy atom. The summed E-state index contributed by atoms with van der Waals surface area (Å²) < 4.78 is 5.45. The van der Waals surface area contributed by atoms with Crippen LogP contribution < -0.4 is 20.7 Å². The molecule has 0 heterocycles. The lowest BCUT2D eigenvalue weighted by molar-refractivity contribution is -0.114. The van der Waals surface area contributed by atoms with E-state index in [1.807, 2.05) is 61.5 Å². The van der Waals surface area contributed by atoms with E-state index in [1.54, 1.807) is 24.3 Å². The highest BCUT2D eigenvalue weighted by Gasteiger charge is 2.07. The SMILES string of the molecule is CCOc1cccc(NCC(=O)Nc2ccc(C(=O)NCc3ccccc3)cc2)c1. The van der Waals surface area contributed by atoms with Crippen molar-refractivity contribution < 1.29 is 14.3 Å². The molecule has 0 fully saturated rings. The smallest absolute Gasteiger partial charge is 0.251 e. The van der Waals surface area contributed by atoms with Crippen LogP contribution in [-0.2, 0) is 11.3 Å². The number of hydrogen-bond acceptors (Lipinski definition) is 4. The van der Waals surface area contributed by atoms with Gasteiger partial charge in [-0.1, -0.05) is 36.4 Å². The molecule has 6 nitrogen and oxygen atoms in total. The normalized spacial score (nSPS) is 10.2. The third-order valence-electron chi connectivity index (χ3n) is 4.32. The van der Waals surface area contributed by atoms with Crippen molar-refractivity contribution in [3.63, 3.8) is 0 Å². The summed E-state index contributed by atoms with van der Waals surface area (Å²) in [7, 11) is 0. The predicted octanol–water partition coefficient (Wildman–Crippen LogP) is 4.07. The zero-order valence-electron chi connectivity index (χ0n) is 16.9. The van der Waals surface area contributed by atoms with Crippen molar-refractivity contribution in [1.29, 1.82) is 0 Å². The van der Waals surface area contributed by atoms with Crippen LogP contribution in [0.4, 0.5) is 11.4 Å². The van der Waals surface area contributed by atoms with Crippen LogP contribution in [0.15, 0.2) is 78.9 Å². The Hall–Kier alpha value is -3.80. The number of amides is 2. The highest BCUT2D eigenvalue weighted by atomic mass is 16.5. The summed E-state index contributed by atoms with van der Waals surface area (Å²) >= 11 is 0. The standard InChI is InChI=1S/C24H25N3O3/c1-2-30-22-10-6-9-21(15-22)25-17-23(28)27-20-13-11-19(12-14-20)24(29)26-16-18-7-4-3-5-8-18/h3-15,25H,2,16-17H2,1H3,(H,26,29)(H,27,28). The van der Waals surface area contributed by atoms with Crippen molar-refractivity contribution in [3.8, 4) is 5.75 Å². The first kappa shape index (κ1) is 20.9. The maximum atomic E-state index is 12.3. The fourth-order valence-electron chi connectivity index (χ4n) is 2.84. The third-order valence-corrected chi connectivity index (χ3v) is 4.32. The second-order valence-corrected chi connectivity index (χ2v) is 6.61. The van der Waals surface area contributed by atoms with Gasteiger partial charge in [0, 0.05) is 29.5 Å². The van der Waals surface area contributed by atoms with Gasteiger partial charge >= 0.3 is 0 Å². The monoisotopic (exact) mass is 403 g/mol. The van der Waals surface area contributed by atoms with Gasteiger partial charge in [0.25, 0.3) is 5.91 Å². The minimum Gasteiger partial charge on any atom is -0.494 e. The summed E-state index contributed by atoms with van der Waals surface area (Å²) in [4.78, 5) is 24.5. The highest BCUT2D eigenvalue weighted by molar-refractivity contribution is 5.96. The second kappa shape index (κ2) is 10.7. The third kappa shape index (κ3) is 6.38. The van der Waals surface area contributed by atoms with Crippen molar-refractivity contribution in [2.45, 2.75) is 13.5 Å². The van der Waals surface area contributed by atoms with Gasteiger partial charge in [0.15, 0.2) is 0 Å². The molecule has 3 aromatic rings. The maximum Gasteiger partial charge on any atom is 0.251 e. The van der Waals surface area contributed by atoms with Gasteiger partial charge in [0.1, 0.15) is 5.75 Å². The van der Waals surface area contributed by atoms with Gasteiger partial charge in [-0.25, -0.2) is 0 Å². The fraction of sp³-hybridized carbons (Fsp3) is 0.167. The van der Waals surface area contributed by atoms with E-state index >= 15 is 0 Å². The molecule has 154 valence electrons. The molecule has 0 aliphatic heterocycles. The quantitative estimate of drug-likeness (QED) is 0.503. The molecule has 6 heteroatoms. The van der Waals surface area contributed by atoms with Crippen molar-refractivity contribution in [2.24, 2.45) is 0 Å². The maximum absolute atomic E-state index is 12.3. The fourth-order valence-corrected chi connectivity index (χ4v) is 2.84. The van der Waals surface area contributed by atoms with Crippen LogP contribution in [0.5, 0.6) is 5.75 Å². The van der Waals surface area contributed by atoms with Crippen LogP contribution in [0.3, 0.4) is 0 Å². The Bertz CT molecular complexity index is 973. The summed E-state index contributed by atoms with van der Waals surface area (Å²) in [6.45, 7) is 3.10. The molecule has 0 aromatic heterocycles. The zero-order chi connectivity index (χ0) is 21.2. The summed E-state index contributed by atoms with van der Waals surface area (Å²) in [6, 6.07) is 24.0. The van der Waals surface area contributed by atoms with Crippen molar-refractivity contribution in [3.05, 3.63) is 90.0 Å². The Labute approximate surface area is 176 Å². The van der Waals surface area contributed by atoms with Crippen LogP contribution >= 0.6 is 0 Å². The molecule has 3 aromatic carbocycles. The number of ether oxygens (including phenoxy) is 1. The van der Waals surface area contributed by atoms with Crippen LogP contribution in [0, 0.1) is 0 Å². The summed E-state index contributed by atoms with van der Waals surface area (Å²) in [6.07, 6.45) is 0. The van der Waals surface area contributed by atoms with Gasteiger partial charge in [-0.05, 0) is 48.9 Å². The van der Waals surface area contributed by atoms with E-state index in [9.17, 15) is 9.59 Å². The van der Waals surface area contributed by atoms with Crippen molar-refractivity contribution >= 4 is 23.2 Å². The van der Waals surface area contributed by atoms with Crippen LogP contribution in [0.25, 0.3) is 0 Å². The lowest BCUT2D eigenvalue weighted by Gasteiger charge is -2.10. The van der Waals surface area contributed by atoms with E-state index in [1.165, 1.54) is 0 Å². The molecular weight excluding hydrogens is 378 g/mol. The summed E-state index contributed by atoms with van der Waals surface area (Å²) in [5.41, 5.74) is 3.01. The van der Waals surface area contributed by atoms with Crippen LogP contribution in [0.1, 0.15) is 22.8 Å². The lowest BCUT2D eigenvalue weighted by atomic mass is 10.1. The number of anilines is 2. The predicted molar refractivity (Wildman–Crippen MR) is 119 cm³/mol. The molecule has 0 bridgehead atoms. The van der Waals surface area contributed by atoms with Crippen LogP contribution in [-0.4, -0.2) is 25.0 Å². The molecule has 0 saturated carbocycles. The Morgan fingerprint density at radius 1 is 0.867 bits per heavy atom. The van der Waals surface area contributed by atoms with Crippen molar-refractivity contribution in [1.82, 2.24) is 5.32 Å². The van der Waals surface area contributed by atoms with Crippen LogP contribution in [0.2, 0.25) is 0 Å². The van der Waals surface area contributed by atoms with Crippen molar-refractivity contribution in [2.75, 3.05) is 23.8 Å². The molecule has 0 saturated heterocycles. The molecule has 0 aliphatic rings. The van der Waals surface area contributed by atoms with Gasteiger partial charge < -0.3 is 20.7 Å². The van der Waals surface area contributed by atoms with E-state index < -0.39 is 0 Å². The average Bonchev–Trinajstić information content (AvgIpc) is 2.78. The first-order valence-electron chi connectivity index (χ1n) is 9.83. The summed E-state index contributed by atoms with van der Waals surface area (Å²) in [5.74, 6) is 0.412. The minimum absolute atomic E-state index is 0.120. The van der Waals surface area contributed by atoms with E-state index in [0.29, 0.717) is 24.4 Å². The molecule has 3 N–H and O–H groups in total. The topological polar surface area (TPSA) is 79.5 Å². The first-order chi connectivity index (χ1) is 14.6. The van der Waals surface area contributed by atoms with Gasteiger partial charge in [0.05, 0.1) is 13.2 Å². The number of benzene rings is 3. The number of carbonyl (C=O) groups excluding carboxylic acids is 2. The number of carbonyl (C=O) groups is 2. The van der Waals surface area contributed by atoms with E-state index in [4.69, 9.17) is 4.74 Å². The molecule has 2 amide bonds. The van der Waals surface area contributed by atoms with E-state index in [0.717, 1.165) is 17.0 Å². The lowest BCUT2D eigenvalue weighted by Crippen LogP contribution is -2.23. The largest absolute Gasteiger partial charge is 0.494 e. The van der Waals surface area contributed by atoms with Gasteiger partial charge in [-0.2, -0.15) is 0 Å². The molecule has 0 unspecified atom stereocenters. The molecule has 0 radical (unpaired) electrons. The number of hydrogen-bond donors (Lipinski definition) is 3. The minimum atomic E-state index is -0.182. The Morgan fingerprint density at radius 3 is 2.37 bits per heavy atom. The zero-order valence-corrected chi connectivity index (χ0v) is 16.9. The number of rotatable bonds is 9. The first-order valence-corrected chi connectivity index (χ1v) is 9.83. The van der Waals surface area contributed by atoms with Gasteiger partial charge in [-0.3, -0.25) is 9.59 Å². The van der Waals surface area contributed by atoms with Gasteiger partial charge in [-0.15, -0.1) is 0 Å². The molecule has 30 heavy (non-hydrogen) atoms. The Balaban J connectivity index is 1.47. The number of nitrogens with one attached hydrogen (secondary N) is 3. The molecule has 3 rings (SSSR count). The molecule has 0 aliphatic carbocycles. The van der Waals surface area contributed by atoms with E-state index in [-0.39, 0.29) is 18.4 Å². The molecule has 0 atom stereocenters. The molecule has 0 spiro atoms. The highest BCUT2D eigenvalue weighted by Crippen LogP contribution is 2.17. The summed E-state index contributed by atoms with van der Waals surface area (Å²) in [5, 5.41) is 8.76. The van der Waals surface area contributed by atoms with Gasteiger partial charge in [0.2, 0.25) is 5.91 Å². The average molecular weight is 403 g/mol. The Kier molecular flexibility index (Phi) is 7.44. The second-order valence-electron chi connectivity index (χ2n) is 6.61. The molecular formula is C24H25N3O3.